The number of carbonyl (C=O) groups excluding carboxylic acids is 1. The van der Waals surface area contributed by atoms with E-state index in [-0.39, 0.29) is 11.9 Å². The lowest BCUT2D eigenvalue weighted by Gasteiger charge is -2.16. The average molecular weight is 247 g/mol. The van der Waals surface area contributed by atoms with Gasteiger partial charge in [0.1, 0.15) is 6.04 Å². The third-order valence-corrected chi connectivity index (χ3v) is 2.73. The lowest BCUT2D eigenvalue weighted by atomic mass is 10.2. The Bertz CT molecular complexity index is 563. The van der Waals surface area contributed by atoms with Crippen LogP contribution in [0.4, 0.5) is 11.4 Å². The maximum absolute atomic E-state index is 11.6. The van der Waals surface area contributed by atoms with Crippen molar-refractivity contribution in [2.24, 2.45) is 0 Å². The Hall–Kier alpha value is -2.24. The number of nitrogens with zero attached hydrogens (tertiary/aromatic N) is 1. The summed E-state index contributed by atoms with van der Waals surface area (Å²) >= 11 is 0. The molecule has 0 spiro atoms. The zero-order chi connectivity index (χ0) is 13.1. The minimum Gasteiger partial charge on any atom is -0.397 e. The molecule has 0 aliphatic rings. The van der Waals surface area contributed by atoms with Crippen LogP contribution in [0, 0.1) is 0 Å². The average Bonchev–Trinajstić information content (AvgIpc) is 2.76. The summed E-state index contributed by atoms with van der Waals surface area (Å²) in [5.41, 5.74) is 8.14. The second-order valence-electron chi connectivity index (χ2n) is 4.16. The number of fused-ring (bicyclic) bond motifs is 1. The highest BCUT2D eigenvalue weighted by molar-refractivity contribution is 5.91. The zero-order valence-electron chi connectivity index (χ0n) is 10.4. The molecule has 1 unspecified atom stereocenters. The number of nitrogens with two attached hydrogens (primary N) is 1. The molecular weight excluding hydrogens is 230 g/mol. The molecule has 0 saturated heterocycles. The van der Waals surface area contributed by atoms with E-state index in [9.17, 15) is 4.79 Å². The summed E-state index contributed by atoms with van der Waals surface area (Å²) in [7, 11) is 0. The number of aromatic amines is 1. The summed E-state index contributed by atoms with van der Waals surface area (Å²) in [4.78, 5) is 11.6. The fourth-order valence-electron chi connectivity index (χ4n) is 1.76. The van der Waals surface area contributed by atoms with Crippen molar-refractivity contribution >= 4 is 28.2 Å². The van der Waals surface area contributed by atoms with E-state index in [1.807, 2.05) is 19.1 Å². The second-order valence-corrected chi connectivity index (χ2v) is 4.16. The van der Waals surface area contributed by atoms with Gasteiger partial charge in [0.05, 0.1) is 23.1 Å². The van der Waals surface area contributed by atoms with Crippen molar-refractivity contribution < 1.29 is 4.79 Å². The van der Waals surface area contributed by atoms with Gasteiger partial charge in [0.2, 0.25) is 5.91 Å². The van der Waals surface area contributed by atoms with Crippen molar-refractivity contribution in [1.82, 2.24) is 15.5 Å². The molecule has 0 saturated carbocycles. The minimum atomic E-state index is -0.340. The Morgan fingerprint density at radius 3 is 3.06 bits per heavy atom. The first-order chi connectivity index (χ1) is 8.61. The molecule has 2 aromatic rings. The molecule has 6 heteroatoms. The van der Waals surface area contributed by atoms with Gasteiger partial charge in [-0.2, -0.15) is 5.10 Å². The van der Waals surface area contributed by atoms with Crippen molar-refractivity contribution in [3.05, 3.63) is 18.3 Å². The summed E-state index contributed by atoms with van der Waals surface area (Å²) in [6.45, 7) is 4.29. The van der Waals surface area contributed by atoms with Crippen LogP contribution < -0.4 is 16.4 Å². The van der Waals surface area contributed by atoms with Gasteiger partial charge in [-0.15, -0.1) is 0 Å². The van der Waals surface area contributed by atoms with Crippen molar-refractivity contribution in [3.63, 3.8) is 0 Å². The standard InChI is InChI=1S/C12H17N5O/c1-3-14-12(18)7(2)16-11-5-10-8(4-9(11)13)6-15-17-10/h4-7,16H,3,13H2,1-2H3,(H,14,18)(H,15,17). The lowest BCUT2D eigenvalue weighted by molar-refractivity contribution is -0.121. The molecule has 6 nitrogen and oxygen atoms in total. The fourth-order valence-corrected chi connectivity index (χ4v) is 1.76. The quantitative estimate of drug-likeness (QED) is 0.608. The van der Waals surface area contributed by atoms with Gasteiger partial charge < -0.3 is 16.4 Å². The Balaban J connectivity index is 2.20. The molecule has 0 radical (unpaired) electrons. The topological polar surface area (TPSA) is 95.8 Å². The normalized spacial score (nSPS) is 12.3. The largest absolute Gasteiger partial charge is 0.397 e. The number of likely N-dealkylation sites (N-methyl/N-ethyl adjacent to an activating group) is 1. The molecule has 0 fully saturated rings. The van der Waals surface area contributed by atoms with E-state index >= 15 is 0 Å². The van der Waals surface area contributed by atoms with Crippen LogP contribution in [0.15, 0.2) is 18.3 Å². The maximum atomic E-state index is 11.6. The maximum Gasteiger partial charge on any atom is 0.242 e. The summed E-state index contributed by atoms with van der Waals surface area (Å²) < 4.78 is 0. The molecule has 1 atom stereocenters. The van der Waals surface area contributed by atoms with Gasteiger partial charge in [-0.25, -0.2) is 0 Å². The number of anilines is 2. The molecule has 18 heavy (non-hydrogen) atoms. The third kappa shape index (κ3) is 2.37. The zero-order valence-corrected chi connectivity index (χ0v) is 10.4. The van der Waals surface area contributed by atoms with Crippen LogP contribution >= 0.6 is 0 Å². The number of hydrogen-bond acceptors (Lipinski definition) is 4. The molecule has 96 valence electrons. The number of rotatable bonds is 4. The lowest BCUT2D eigenvalue weighted by Crippen LogP contribution is -2.37. The van der Waals surface area contributed by atoms with Crippen molar-refractivity contribution in [2.45, 2.75) is 19.9 Å². The van der Waals surface area contributed by atoms with Gasteiger partial charge in [0, 0.05) is 11.9 Å². The molecular formula is C12H17N5O. The Kier molecular flexibility index (Phi) is 3.36. The number of hydrogen-bond donors (Lipinski definition) is 4. The Morgan fingerprint density at radius 2 is 2.33 bits per heavy atom. The number of aromatic nitrogens is 2. The molecule has 0 aliphatic heterocycles. The van der Waals surface area contributed by atoms with E-state index in [1.54, 1.807) is 13.1 Å². The van der Waals surface area contributed by atoms with E-state index in [4.69, 9.17) is 5.73 Å². The van der Waals surface area contributed by atoms with Gasteiger partial charge >= 0.3 is 0 Å². The molecule has 1 heterocycles. The highest BCUT2D eigenvalue weighted by atomic mass is 16.2. The van der Waals surface area contributed by atoms with Crippen molar-refractivity contribution in [2.75, 3.05) is 17.6 Å². The van der Waals surface area contributed by atoms with Crippen LogP contribution in [0.25, 0.3) is 10.9 Å². The summed E-state index contributed by atoms with van der Waals surface area (Å²) in [5, 5.41) is 13.6. The van der Waals surface area contributed by atoms with Gasteiger partial charge in [-0.1, -0.05) is 0 Å². The van der Waals surface area contributed by atoms with E-state index in [2.05, 4.69) is 20.8 Å². The molecule has 1 aromatic heterocycles. The third-order valence-electron chi connectivity index (χ3n) is 2.73. The summed E-state index contributed by atoms with van der Waals surface area (Å²) in [6, 6.07) is 3.34. The first-order valence-electron chi connectivity index (χ1n) is 5.88. The monoisotopic (exact) mass is 247 g/mol. The Labute approximate surface area is 105 Å². The van der Waals surface area contributed by atoms with Crippen molar-refractivity contribution in [3.8, 4) is 0 Å². The summed E-state index contributed by atoms with van der Waals surface area (Å²) in [6.07, 6.45) is 1.71. The number of amides is 1. The van der Waals surface area contributed by atoms with Crippen molar-refractivity contribution in [1.29, 1.82) is 0 Å². The first-order valence-corrected chi connectivity index (χ1v) is 5.88. The van der Waals surface area contributed by atoms with Crippen LogP contribution in [-0.2, 0) is 4.79 Å². The van der Waals surface area contributed by atoms with Gasteiger partial charge in [0.15, 0.2) is 0 Å². The number of nitrogens with one attached hydrogen (secondary N) is 3. The molecule has 5 N–H and O–H groups in total. The number of H-pyrrole nitrogens is 1. The van der Waals surface area contributed by atoms with Crippen LogP contribution in [0.1, 0.15) is 13.8 Å². The van der Waals surface area contributed by atoms with E-state index in [0.717, 1.165) is 16.6 Å². The van der Waals surface area contributed by atoms with Crippen LogP contribution in [-0.4, -0.2) is 28.7 Å². The molecule has 1 amide bonds. The minimum absolute atomic E-state index is 0.0541. The smallest absolute Gasteiger partial charge is 0.242 e. The fraction of sp³-hybridized carbons (Fsp3) is 0.333. The highest BCUT2D eigenvalue weighted by Crippen LogP contribution is 2.25. The van der Waals surface area contributed by atoms with Crippen LogP contribution in [0.2, 0.25) is 0 Å². The molecule has 1 aromatic carbocycles. The number of nitrogen functional groups attached to an aromatic ring is 1. The van der Waals surface area contributed by atoms with Gasteiger partial charge in [-0.3, -0.25) is 9.89 Å². The highest BCUT2D eigenvalue weighted by Gasteiger charge is 2.13. The first kappa shape index (κ1) is 12.2. The van der Waals surface area contributed by atoms with E-state index in [1.165, 1.54) is 0 Å². The second kappa shape index (κ2) is 4.95. The SMILES string of the molecule is CCNC(=O)C(C)Nc1cc2[nH]ncc2cc1N. The van der Waals surface area contributed by atoms with E-state index < -0.39 is 0 Å². The Morgan fingerprint density at radius 1 is 1.56 bits per heavy atom. The van der Waals surface area contributed by atoms with Crippen LogP contribution in [0.3, 0.4) is 0 Å². The molecule has 0 aliphatic carbocycles. The molecule has 2 rings (SSSR count). The number of carbonyl (C=O) groups is 1. The predicted octanol–water partition coefficient (Wildman–Crippen LogP) is 1.08. The van der Waals surface area contributed by atoms with Gasteiger partial charge in [-0.05, 0) is 26.0 Å². The molecule has 0 bridgehead atoms. The van der Waals surface area contributed by atoms with Crippen LogP contribution in [0.5, 0.6) is 0 Å². The van der Waals surface area contributed by atoms with Gasteiger partial charge in [0.25, 0.3) is 0 Å². The number of benzene rings is 1. The predicted molar refractivity (Wildman–Crippen MR) is 72.3 cm³/mol. The van der Waals surface area contributed by atoms with E-state index in [0.29, 0.717) is 12.2 Å². The summed E-state index contributed by atoms with van der Waals surface area (Å²) in [5.74, 6) is -0.0541.